The zero-order valence-electron chi connectivity index (χ0n) is 25.0. The van der Waals surface area contributed by atoms with Crippen molar-refractivity contribution in [1.29, 1.82) is 0 Å². The van der Waals surface area contributed by atoms with Gasteiger partial charge in [-0.15, -0.1) is 0 Å². The summed E-state index contributed by atoms with van der Waals surface area (Å²) in [5.74, 6) is 1.31. The molecule has 0 spiro atoms. The van der Waals surface area contributed by atoms with Crippen molar-refractivity contribution in [3.63, 3.8) is 0 Å². The second-order valence-electron chi connectivity index (χ2n) is 11.2. The molecule has 7 heteroatoms. The first-order chi connectivity index (χ1) is 21.4. The highest BCUT2D eigenvalue weighted by atomic mass is 16.5. The van der Waals surface area contributed by atoms with E-state index in [4.69, 9.17) is 9.47 Å². The van der Waals surface area contributed by atoms with E-state index in [1.165, 1.54) is 0 Å². The molecule has 0 amide bonds. The van der Waals surface area contributed by atoms with Gasteiger partial charge in [-0.05, 0) is 93.7 Å². The van der Waals surface area contributed by atoms with Crippen molar-refractivity contribution >= 4 is 18.9 Å². The molecule has 4 aromatic carbocycles. The largest absolute Gasteiger partial charge is 0.507 e. The molecule has 0 aliphatic heterocycles. The van der Waals surface area contributed by atoms with Crippen LogP contribution in [0.15, 0.2) is 54.6 Å². The highest BCUT2D eigenvalue weighted by Crippen LogP contribution is 2.39. The molecule has 2 N–H and O–H groups in total. The Kier molecular flexibility index (Phi) is 9.44. The molecular weight excluding hydrogens is 556 g/mol. The second kappa shape index (κ2) is 13.6. The summed E-state index contributed by atoms with van der Waals surface area (Å²) >= 11 is 0. The third-order valence-corrected chi connectivity index (χ3v) is 7.86. The average molecular weight is 593 g/mol. The fourth-order valence-electron chi connectivity index (χ4n) is 5.88. The Morgan fingerprint density at radius 3 is 1.20 bits per heavy atom. The van der Waals surface area contributed by atoms with Crippen LogP contribution in [0.1, 0.15) is 102 Å². The third kappa shape index (κ3) is 6.37. The highest BCUT2D eigenvalue weighted by Gasteiger charge is 2.22. The quantitative estimate of drug-likeness (QED) is 0.181. The van der Waals surface area contributed by atoms with Crippen LogP contribution in [-0.2, 0) is 25.7 Å². The molecule has 0 fully saturated rings. The van der Waals surface area contributed by atoms with E-state index in [0.29, 0.717) is 74.8 Å². The van der Waals surface area contributed by atoms with Crippen molar-refractivity contribution in [1.82, 2.24) is 0 Å². The lowest BCUT2D eigenvalue weighted by Gasteiger charge is -2.21. The monoisotopic (exact) mass is 592 g/mol. The van der Waals surface area contributed by atoms with Gasteiger partial charge >= 0.3 is 0 Å². The van der Waals surface area contributed by atoms with Crippen molar-refractivity contribution in [3.8, 4) is 23.0 Å². The topological polar surface area (TPSA) is 110 Å². The zero-order chi connectivity index (χ0) is 31.2. The van der Waals surface area contributed by atoms with Gasteiger partial charge in [-0.3, -0.25) is 14.4 Å². The van der Waals surface area contributed by atoms with Crippen molar-refractivity contribution in [2.75, 3.05) is 13.2 Å². The maximum atomic E-state index is 12.1. The number of aromatic hydroxyl groups is 2. The molecule has 0 atom stereocenters. The molecule has 226 valence electrons. The van der Waals surface area contributed by atoms with Crippen molar-refractivity contribution < 1.29 is 34.1 Å². The fraction of sp³-hybridized carbons (Fsp3) is 0.270. The number of aldehydes is 3. The Labute approximate surface area is 257 Å². The summed E-state index contributed by atoms with van der Waals surface area (Å²) in [5.41, 5.74) is 6.37. The van der Waals surface area contributed by atoms with Gasteiger partial charge in [0.1, 0.15) is 41.9 Å². The number of para-hydroxylation sites is 1. The molecular formula is C37H36O7. The van der Waals surface area contributed by atoms with Crippen LogP contribution < -0.4 is 9.47 Å². The lowest BCUT2D eigenvalue weighted by atomic mass is 9.89. The average Bonchev–Trinajstić information content (AvgIpc) is 3.03. The lowest BCUT2D eigenvalue weighted by Crippen LogP contribution is -2.08. The van der Waals surface area contributed by atoms with E-state index in [2.05, 4.69) is 0 Å². The smallest absolute Gasteiger partial charge is 0.150 e. The molecule has 0 aromatic heterocycles. The van der Waals surface area contributed by atoms with Gasteiger partial charge in [-0.2, -0.15) is 0 Å². The minimum Gasteiger partial charge on any atom is -0.507 e. The van der Waals surface area contributed by atoms with E-state index in [1.54, 1.807) is 36.4 Å². The number of fused-ring (bicyclic) bond motifs is 8. The maximum absolute atomic E-state index is 12.1. The Morgan fingerprint density at radius 2 is 0.864 bits per heavy atom. The SMILES string of the molecule is CCCOc1c2cccc1Cc1cc(C=O)cc(c1O)Cc1cc(C=O)cc(c1OCCC)Cc1cc(C=O)cc(c1O)C2. The third-order valence-electron chi connectivity index (χ3n) is 7.86. The summed E-state index contributed by atoms with van der Waals surface area (Å²) in [6, 6.07) is 15.9. The van der Waals surface area contributed by atoms with Gasteiger partial charge in [0, 0.05) is 42.4 Å². The van der Waals surface area contributed by atoms with Gasteiger partial charge in [-0.1, -0.05) is 32.0 Å². The van der Waals surface area contributed by atoms with Crippen LogP contribution in [0.2, 0.25) is 0 Å². The van der Waals surface area contributed by atoms with Crippen LogP contribution in [0.5, 0.6) is 23.0 Å². The molecule has 5 rings (SSSR count). The number of ether oxygens (including phenoxy) is 2. The van der Waals surface area contributed by atoms with Crippen LogP contribution in [0, 0.1) is 0 Å². The Bertz CT molecular complexity index is 1610. The summed E-state index contributed by atoms with van der Waals surface area (Å²) < 4.78 is 12.5. The van der Waals surface area contributed by atoms with E-state index in [1.807, 2.05) is 32.0 Å². The van der Waals surface area contributed by atoms with Gasteiger partial charge in [0.05, 0.1) is 13.2 Å². The maximum Gasteiger partial charge on any atom is 0.150 e. The van der Waals surface area contributed by atoms with E-state index in [-0.39, 0.29) is 37.2 Å². The number of rotatable bonds is 9. The molecule has 7 nitrogen and oxygen atoms in total. The first-order valence-electron chi connectivity index (χ1n) is 15.0. The molecule has 0 unspecified atom stereocenters. The fourth-order valence-corrected chi connectivity index (χ4v) is 5.88. The number of hydrogen-bond acceptors (Lipinski definition) is 7. The number of benzene rings is 4. The Balaban J connectivity index is 1.82. The summed E-state index contributed by atoms with van der Waals surface area (Å²) in [7, 11) is 0. The Hall–Kier alpha value is -4.91. The van der Waals surface area contributed by atoms with Gasteiger partial charge < -0.3 is 19.7 Å². The molecule has 44 heavy (non-hydrogen) atoms. The van der Waals surface area contributed by atoms with Crippen LogP contribution in [-0.4, -0.2) is 42.3 Å². The zero-order valence-corrected chi connectivity index (χ0v) is 25.0. The van der Waals surface area contributed by atoms with Crippen molar-refractivity contribution in [2.45, 2.75) is 52.4 Å². The normalized spacial score (nSPS) is 12.3. The van der Waals surface area contributed by atoms with Crippen molar-refractivity contribution in [3.05, 3.63) is 116 Å². The highest BCUT2D eigenvalue weighted by molar-refractivity contribution is 5.79. The first kappa shape index (κ1) is 30.5. The molecule has 1 aliphatic carbocycles. The van der Waals surface area contributed by atoms with Crippen LogP contribution >= 0.6 is 0 Å². The summed E-state index contributed by atoms with van der Waals surface area (Å²) in [6.45, 7) is 4.88. The van der Waals surface area contributed by atoms with Gasteiger partial charge in [0.15, 0.2) is 0 Å². The summed E-state index contributed by atoms with van der Waals surface area (Å²) in [5, 5.41) is 23.1. The molecule has 0 saturated heterocycles. The van der Waals surface area contributed by atoms with Crippen LogP contribution in [0.4, 0.5) is 0 Å². The molecule has 0 radical (unpaired) electrons. The molecule has 8 bridgehead atoms. The first-order valence-corrected chi connectivity index (χ1v) is 15.0. The van der Waals surface area contributed by atoms with E-state index >= 15 is 0 Å². The van der Waals surface area contributed by atoms with Crippen molar-refractivity contribution in [2.24, 2.45) is 0 Å². The Morgan fingerprint density at radius 1 is 0.545 bits per heavy atom. The summed E-state index contributed by atoms with van der Waals surface area (Å²) in [4.78, 5) is 36.2. The molecule has 4 aromatic rings. The minimum atomic E-state index is 0.0625. The number of phenolic OH excluding ortho intramolecular Hbond substituents is 2. The molecule has 0 heterocycles. The number of carbonyl (C=O) groups is 3. The standard InChI is InChI=1S/C37H36O7/c1-3-8-43-36-26-6-5-7-27(36)17-29-11-24(21-39)13-31(35(29)42)19-33-15-25(22-40)14-32(37(33)44-9-4-2)18-30-12-23(20-38)10-28(16-26)34(30)41/h5-7,10-15,20-22,41-42H,3-4,8-9,16-19H2,1-2H3. The van der Waals surface area contributed by atoms with E-state index in [9.17, 15) is 24.6 Å². The molecule has 0 saturated carbocycles. The lowest BCUT2D eigenvalue weighted by molar-refractivity contribution is 0.111. The number of hydrogen-bond donors (Lipinski definition) is 2. The minimum absolute atomic E-state index is 0.0625. The van der Waals surface area contributed by atoms with Crippen LogP contribution in [0.3, 0.4) is 0 Å². The predicted molar refractivity (Wildman–Crippen MR) is 168 cm³/mol. The van der Waals surface area contributed by atoms with Gasteiger partial charge in [0.25, 0.3) is 0 Å². The number of carbonyl (C=O) groups excluding carboxylic acids is 3. The van der Waals surface area contributed by atoms with E-state index in [0.717, 1.165) is 42.8 Å². The van der Waals surface area contributed by atoms with Crippen LogP contribution in [0.25, 0.3) is 0 Å². The molecule has 1 aliphatic rings. The van der Waals surface area contributed by atoms with E-state index < -0.39 is 0 Å². The van der Waals surface area contributed by atoms with Gasteiger partial charge in [0.2, 0.25) is 0 Å². The second-order valence-corrected chi connectivity index (χ2v) is 11.2. The van der Waals surface area contributed by atoms with Gasteiger partial charge in [-0.25, -0.2) is 0 Å². The summed E-state index contributed by atoms with van der Waals surface area (Å²) in [6.07, 6.45) is 4.76. The number of phenols is 2. The predicted octanol–water partition coefficient (Wildman–Crippen LogP) is 6.79.